The highest BCUT2D eigenvalue weighted by Gasteiger charge is 2.22. The van der Waals surface area contributed by atoms with Gasteiger partial charge in [-0.1, -0.05) is 23.8 Å². The summed E-state index contributed by atoms with van der Waals surface area (Å²) in [4.78, 5) is 11.4. The van der Waals surface area contributed by atoms with Crippen molar-refractivity contribution in [2.75, 3.05) is 7.11 Å². The number of hydrogen-bond acceptors (Lipinski definition) is 3. The van der Waals surface area contributed by atoms with E-state index in [9.17, 15) is 4.79 Å². The van der Waals surface area contributed by atoms with E-state index in [1.165, 1.54) is 7.11 Å². The van der Waals surface area contributed by atoms with Crippen molar-refractivity contribution in [1.82, 2.24) is 0 Å². The van der Waals surface area contributed by atoms with E-state index in [4.69, 9.17) is 5.26 Å². The maximum Gasteiger partial charge on any atom is 0.327 e. The van der Waals surface area contributed by atoms with Gasteiger partial charge in [-0.25, -0.2) is 0 Å². The van der Waals surface area contributed by atoms with Gasteiger partial charge >= 0.3 is 5.97 Å². The maximum atomic E-state index is 11.4. The van der Waals surface area contributed by atoms with E-state index >= 15 is 0 Å². The Labute approximate surface area is 89.3 Å². The zero-order chi connectivity index (χ0) is 11.4. The quantitative estimate of drug-likeness (QED) is 0.691. The van der Waals surface area contributed by atoms with Crippen LogP contribution in [-0.4, -0.2) is 13.1 Å². The lowest BCUT2D eigenvalue weighted by molar-refractivity contribution is -0.141. The average Bonchev–Trinajstić information content (AvgIpc) is 2.23. The van der Waals surface area contributed by atoms with Crippen molar-refractivity contribution in [1.29, 1.82) is 5.26 Å². The van der Waals surface area contributed by atoms with Gasteiger partial charge in [0.2, 0.25) is 0 Å². The van der Waals surface area contributed by atoms with Gasteiger partial charge in [0.25, 0.3) is 0 Å². The van der Waals surface area contributed by atoms with Crippen LogP contribution >= 0.6 is 0 Å². The molecule has 3 heteroatoms. The standard InChI is InChI=1S/C12H13NO2/c1-8-4-5-9(2)10(6-8)11(7-13)12(14)15-3/h4-6,11H,1-3H3. The minimum atomic E-state index is -0.824. The zero-order valence-electron chi connectivity index (χ0n) is 9.07. The normalized spacial score (nSPS) is 11.6. The number of benzene rings is 1. The van der Waals surface area contributed by atoms with Crippen LogP contribution in [0, 0.1) is 25.2 Å². The monoisotopic (exact) mass is 203 g/mol. The number of hydrogen-bond donors (Lipinski definition) is 0. The van der Waals surface area contributed by atoms with E-state index in [1.807, 2.05) is 38.1 Å². The molecule has 0 amide bonds. The summed E-state index contributed by atoms with van der Waals surface area (Å²) in [5.74, 6) is -1.33. The highest BCUT2D eigenvalue weighted by atomic mass is 16.5. The number of methoxy groups -OCH3 is 1. The molecule has 1 rings (SSSR count). The molecule has 1 atom stereocenters. The Kier molecular flexibility index (Phi) is 3.46. The van der Waals surface area contributed by atoms with E-state index < -0.39 is 11.9 Å². The van der Waals surface area contributed by atoms with Crippen molar-refractivity contribution in [3.05, 3.63) is 34.9 Å². The van der Waals surface area contributed by atoms with Crippen molar-refractivity contribution in [2.24, 2.45) is 0 Å². The van der Waals surface area contributed by atoms with Crippen LogP contribution in [0.15, 0.2) is 18.2 Å². The van der Waals surface area contributed by atoms with Gasteiger partial charge in [-0.3, -0.25) is 4.79 Å². The molecule has 0 N–H and O–H groups in total. The topological polar surface area (TPSA) is 50.1 Å². The predicted molar refractivity (Wildman–Crippen MR) is 56.3 cm³/mol. The molecule has 0 heterocycles. The van der Waals surface area contributed by atoms with E-state index in [1.54, 1.807) is 0 Å². The number of carbonyl (C=O) groups excluding carboxylic acids is 1. The lowest BCUT2D eigenvalue weighted by Crippen LogP contribution is -2.13. The Hall–Kier alpha value is -1.82. The summed E-state index contributed by atoms with van der Waals surface area (Å²) in [7, 11) is 1.29. The Morgan fingerprint density at radius 2 is 2.13 bits per heavy atom. The first-order valence-electron chi connectivity index (χ1n) is 4.64. The lowest BCUT2D eigenvalue weighted by atomic mass is 9.94. The first-order chi connectivity index (χ1) is 7.10. The van der Waals surface area contributed by atoms with Crippen molar-refractivity contribution < 1.29 is 9.53 Å². The molecule has 3 nitrogen and oxygen atoms in total. The van der Waals surface area contributed by atoms with Crippen molar-refractivity contribution in [3.8, 4) is 6.07 Å². The van der Waals surface area contributed by atoms with Crippen LogP contribution < -0.4 is 0 Å². The molecular weight excluding hydrogens is 190 g/mol. The molecule has 1 aromatic rings. The summed E-state index contributed by atoms with van der Waals surface area (Å²) in [6, 6.07) is 7.66. The van der Waals surface area contributed by atoms with Gasteiger partial charge in [-0.2, -0.15) is 5.26 Å². The molecular formula is C12H13NO2. The molecule has 0 saturated carbocycles. The van der Waals surface area contributed by atoms with Crippen LogP contribution in [0.5, 0.6) is 0 Å². The molecule has 0 bridgehead atoms. The Balaban J connectivity index is 3.19. The Morgan fingerprint density at radius 1 is 1.47 bits per heavy atom. The maximum absolute atomic E-state index is 11.4. The van der Waals surface area contributed by atoms with Gasteiger partial charge in [0, 0.05) is 0 Å². The number of esters is 1. The molecule has 78 valence electrons. The number of nitriles is 1. The highest BCUT2D eigenvalue weighted by Crippen LogP contribution is 2.21. The summed E-state index contributed by atoms with van der Waals surface area (Å²) in [5, 5.41) is 8.95. The number of rotatable bonds is 2. The minimum Gasteiger partial charge on any atom is -0.468 e. The van der Waals surface area contributed by atoms with Gasteiger partial charge < -0.3 is 4.74 Å². The lowest BCUT2D eigenvalue weighted by Gasteiger charge is -2.10. The van der Waals surface area contributed by atoms with Crippen molar-refractivity contribution >= 4 is 5.97 Å². The minimum absolute atomic E-state index is 0.508. The van der Waals surface area contributed by atoms with Gasteiger partial charge in [0.05, 0.1) is 13.2 Å². The number of aryl methyl sites for hydroxylation is 2. The fourth-order valence-corrected chi connectivity index (χ4v) is 1.44. The SMILES string of the molecule is COC(=O)C(C#N)c1cc(C)ccc1C. The molecule has 0 fully saturated rings. The molecule has 0 aliphatic carbocycles. The summed E-state index contributed by atoms with van der Waals surface area (Å²) >= 11 is 0. The average molecular weight is 203 g/mol. The van der Waals surface area contributed by atoms with Gasteiger partial charge in [0.1, 0.15) is 0 Å². The molecule has 1 aromatic carbocycles. The van der Waals surface area contributed by atoms with Crippen LogP contribution in [-0.2, 0) is 9.53 Å². The van der Waals surface area contributed by atoms with Crippen LogP contribution in [0.4, 0.5) is 0 Å². The van der Waals surface area contributed by atoms with Gasteiger partial charge in [-0.05, 0) is 25.0 Å². The molecule has 0 radical (unpaired) electrons. The molecule has 0 aromatic heterocycles. The van der Waals surface area contributed by atoms with Crippen molar-refractivity contribution in [2.45, 2.75) is 19.8 Å². The van der Waals surface area contributed by atoms with Crippen LogP contribution in [0.25, 0.3) is 0 Å². The smallest absolute Gasteiger partial charge is 0.327 e. The second-order valence-electron chi connectivity index (χ2n) is 3.45. The highest BCUT2D eigenvalue weighted by molar-refractivity contribution is 5.81. The van der Waals surface area contributed by atoms with Crippen molar-refractivity contribution in [3.63, 3.8) is 0 Å². The first-order valence-corrected chi connectivity index (χ1v) is 4.64. The summed E-state index contributed by atoms with van der Waals surface area (Å²) in [6.45, 7) is 3.80. The predicted octanol–water partition coefficient (Wildman–Crippen LogP) is 2.08. The van der Waals surface area contributed by atoms with Crippen LogP contribution in [0.3, 0.4) is 0 Å². The van der Waals surface area contributed by atoms with Crippen LogP contribution in [0.1, 0.15) is 22.6 Å². The molecule has 1 unspecified atom stereocenters. The fraction of sp³-hybridized carbons (Fsp3) is 0.333. The Bertz CT molecular complexity index is 418. The third-order valence-corrected chi connectivity index (χ3v) is 2.31. The van der Waals surface area contributed by atoms with Crippen LogP contribution in [0.2, 0.25) is 0 Å². The third-order valence-electron chi connectivity index (χ3n) is 2.31. The fourth-order valence-electron chi connectivity index (χ4n) is 1.44. The number of carbonyl (C=O) groups is 1. The molecule has 15 heavy (non-hydrogen) atoms. The van der Waals surface area contributed by atoms with E-state index in [0.29, 0.717) is 0 Å². The van der Waals surface area contributed by atoms with Gasteiger partial charge in [-0.15, -0.1) is 0 Å². The number of ether oxygens (including phenoxy) is 1. The molecule has 0 spiro atoms. The third kappa shape index (κ3) is 2.35. The summed E-state index contributed by atoms with van der Waals surface area (Å²) < 4.78 is 4.59. The first kappa shape index (κ1) is 11.3. The Morgan fingerprint density at radius 3 is 2.67 bits per heavy atom. The molecule has 0 aliphatic rings. The van der Waals surface area contributed by atoms with E-state index in [-0.39, 0.29) is 0 Å². The molecule has 0 aliphatic heterocycles. The number of nitrogens with zero attached hydrogens (tertiary/aromatic N) is 1. The van der Waals surface area contributed by atoms with E-state index in [0.717, 1.165) is 16.7 Å². The second-order valence-corrected chi connectivity index (χ2v) is 3.45. The molecule has 0 saturated heterocycles. The zero-order valence-corrected chi connectivity index (χ0v) is 9.07. The largest absolute Gasteiger partial charge is 0.468 e. The summed E-state index contributed by atoms with van der Waals surface area (Å²) in [6.07, 6.45) is 0. The van der Waals surface area contributed by atoms with Gasteiger partial charge in [0.15, 0.2) is 5.92 Å². The second kappa shape index (κ2) is 4.61. The van der Waals surface area contributed by atoms with E-state index in [2.05, 4.69) is 4.74 Å². The summed E-state index contributed by atoms with van der Waals surface area (Å²) in [5.41, 5.74) is 2.68.